The average Bonchev–Trinajstić information content (AvgIpc) is 3.32. The quantitative estimate of drug-likeness (QED) is 0.551. The summed E-state index contributed by atoms with van der Waals surface area (Å²) in [5, 5.41) is 2.89. The van der Waals surface area contributed by atoms with E-state index in [1.54, 1.807) is 32.4 Å². The van der Waals surface area contributed by atoms with Crippen molar-refractivity contribution < 1.29 is 23.5 Å². The number of carbonyl (C=O) groups excluding carboxylic acids is 2. The molecule has 1 aromatic heterocycles. The molecule has 2 heterocycles. The van der Waals surface area contributed by atoms with Crippen molar-refractivity contribution in [1.82, 2.24) is 10.2 Å². The summed E-state index contributed by atoms with van der Waals surface area (Å²) in [4.78, 5) is 39.8. The normalized spacial score (nSPS) is 15.4. The summed E-state index contributed by atoms with van der Waals surface area (Å²) < 4.78 is 15.9. The van der Waals surface area contributed by atoms with Crippen molar-refractivity contribution in [3.8, 4) is 11.5 Å². The number of nitrogens with one attached hydrogen (secondary N) is 1. The first-order valence-electron chi connectivity index (χ1n) is 11.4. The van der Waals surface area contributed by atoms with E-state index in [1.807, 2.05) is 6.07 Å². The van der Waals surface area contributed by atoms with Crippen LogP contribution in [0.4, 0.5) is 0 Å². The van der Waals surface area contributed by atoms with Gasteiger partial charge in [-0.1, -0.05) is 25.8 Å². The third-order valence-corrected chi connectivity index (χ3v) is 5.87. The summed E-state index contributed by atoms with van der Waals surface area (Å²) in [6.45, 7) is 2.81. The fourth-order valence-corrected chi connectivity index (χ4v) is 4.03. The number of methoxy groups -OCH3 is 2. The molecule has 2 amide bonds. The monoisotopic (exact) mass is 456 g/mol. The number of hydrogen-bond acceptors (Lipinski definition) is 6. The lowest BCUT2D eigenvalue weighted by atomic mass is 10.1. The molecule has 8 nitrogen and oxygen atoms in total. The molecular weight excluding hydrogens is 424 g/mol. The molecule has 0 bridgehead atoms. The fraction of sp³-hybridized carbons (Fsp3) is 0.480. The molecular formula is C25H32N2O6. The van der Waals surface area contributed by atoms with Crippen LogP contribution in [-0.2, 0) is 17.8 Å². The Kier molecular flexibility index (Phi) is 8.52. The van der Waals surface area contributed by atoms with Crippen LogP contribution in [0, 0.1) is 0 Å². The van der Waals surface area contributed by atoms with Gasteiger partial charge in [-0.15, -0.1) is 0 Å². The van der Waals surface area contributed by atoms with Crippen LogP contribution in [0.1, 0.15) is 60.7 Å². The molecule has 1 aliphatic rings. The molecule has 2 aromatic rings. The fourth-order valence-electron chi connectivity index (χ4n) is 4.03. The zero-order valence-corrected chi connectivity index (χ0v) is 19.5. The van der Waals surface area contributed by atoms with E-state index in [1.165, 1.54) is 11.0 Å². The molecule has 33 heavy (non-hydrogen) atoms. The Bertz CT molecular complexity index is 1030. The van der Waals surface area contributed by atoms with Crippen LogP contribution in [0.2, 0.25) is 0 Å². The number of nitrogens with zero attached hydrogens (tertiary/aromatic N) is 1. The number of aryl methyl sites for hydroxylation is 1. The molecule has 1 atom stereocenters. The van der Waals surface area contributed by atoms with E-state index in [4.69, 9.17) is 13.9 Å². The predicted molar refractivity (Wildman–Crippen MR) is 124 cm³/mol. The van der Waals surface area contributed by atoms with E-state index in [9.17, 15) is 14.4 Å². The van der Waals surface area contributed by atoms with Crippen molar-refractivity contribution in [3.63, 3.8) is 0 Å². The highest BCUT2D eigenvalue weighted by molar-refractivity contribution is 5.97. The maximum Gasteiger partial charge on any atom is 0.348 e. The van der Waals surface area contributed by atoms with Crippen molar-refractivity contribution in [2.75, 3.05) is 20.8 Å². The Morgan fingerprint density at radius 2 is 1.91 bits per heavy atom. The largest absolute Gasteiger partial charge is 0.493 e. The minimum atomic E-state index is -0.648. The number of unbranched alkanes of at least 4 members (excludes halogenated alkanes) is 2. The molecule has 178 valence electrons. The van der Waals surface area contributed by atoms with Gasteiger partial charge in [0.05, 0.1) is 14.2 Å². The van der Waals surface area contributed by atoms with Crippen LogP contribution in [0.25, 0.3) is 0 Å². The lowest BCUT2D eigenvalue weighted by Crippen LogP contribution is -2.46. The van der Waals surface area contributed by atoms with Gasteiger partial charge in [-0.3, -0.25) is 9.59 Å². The van der Waals surface area contributed by atoms with E-state index in [-0.39, 0.29) is 18.0 Å². The number of carbonyl (C=O) groups is 2. The molecule has 1 N–H and O–H groups in total. The number of benzene rings is 1. The van der Waals surface area contributed by atoms with Crippen LogP contribution < -0.4 is 20.4 Å². The maximum absolute atomic E-state index is 13.0. The summed E-state index contributed by atoms with van der Waals surface area (Å²) in [5.74, 6) is 1.04. The number of amides is 2. The lowest BCUT2D eigenvalue weighted by molar-refractivity contribution is -0.125. The Balaban J connectivity index is 1.64. The first-order chi connectivity index (χ1) is 16.0. The SMILES string of the molecule is CCCCCc1ccc(C(=O)N2CCCC2C(=O)NCc2ccc(OC)c(OC)c2)c(=O)o1. The topological polar surface area (TPSA) is 98.1 Å². The van der Waals surface area contributed by atoms with Crippen molar-refractivity contribution in [3.05, 3.63) is 57.6 Å². The van der Waals surface area contributed by atoms with Crippen molar-refractivity contribution in [2.45, 2.75) is 58.0 Å². The molecule has 1 unspecified atom stereocenters. The van der Waals surface area contributed by atoms with Gasteiger partial charge < -0.3 is 24.1 Å². The number of hydrogen-bond donors (Lipinski definition) is 1. The van der Waals surface area contributed by atoms with E-state index < -0.39 is 17.6 Å². The summed E-state index contributed by atoms with van der Waals surface area (Å²) in [7, 11) is 3.11. The molecule has 1 saturated heterocycles. The molecule has 0 radical (unpaired) electrons. The highest BCUT2D eigenvalue weighted by Crippen LogP contribution is 2.27. The van der Waals surface area contributed by atoms with Gasteiger partial charge in [0.2, 0.25) is 5.91 Å². The number of likely N-dealkylation sites (tertiary alicyclic amines) is 1. The van der Waals surface area contributed by atoms with Crippen molar-refractivity contribution in [2.24, 2.45) is 0 Å². The van der Waals surface area contributed by atoms with Gasteiger partial charge >= 0.3 is 5.63 Å². The lowest BCUT2D eigenvalue weighted by Gasteiger charge is -2.23. The van der Waals surface area contributed by atoms with E-state index in [0.717, 1.165) is 24.8 Å². The molecule has 1 aliphatic heterocycles. The first kappa shape index (κ1) is 24.4. The minimum absolute atomic E-state index is 0.0335. The highest BCUT2D eigenvalue weighted by Gasteiger charge is 2.35. The minimum Gasteiger partial charge on any atom is -0.493 e. The molecule has 8 heteroatoms. The molecule has 0 spiro atoms. The van der Waals surface area contributed by atoms with Crippen LogP contribution in [-0.4, -0.2) is 43.5 Å². The van der Waals surface area contributed by atoms with Gasteiger partial charge in [0.25, 0.3) is 5.91 Å². The highest BCUT2D eigenvalue weighted by atomic mass is 16.5. The summed E-state index contributed by atoms with van der Waals surface area (Å²) in [5.41, 5.74) is 0.162. The van der Waals surface area contributed by atoms with Gasteiger partial charge in [0.1, 0.15) is 17.4 Å². The first-order valence-corrected chi connectivity index (χ1v) is 11.4. The van der Waals surface area contributed by atoms with E-state index >= 15 is 0 Å². The molecule has 1 aromatic carbocycles. The van der Waals surface area contributed by atoms with Gasteiger partial charge in [-0.05, 0) is 49.1 Å². The standard InChI is InChI=1S/C25H32N2O6/c1-4-5-6-8-18-11-12-19(25(30)33-18)24(29)27-14-7-9-20(27)23(28)26-16-17-10-13-21(31-2)22(15-17)32-3/h10-13,15,20H,4-9,14,16H2,1-3H3,(H,26,28). The zero-order chi connectivity index (χ0) is 23.8. The van der Waals surface area contributed by atoms with Crippen LogP contribution in [0.5, 0.6) is 11.5 Å². The van der Waals surface area contributed by atoms with Gasteiger partial charge in [0.15, 0.2) is 11.5 Å². The number of ether oxygens (including phenoxy) is 2. The summed E-state index contributed by atoms with van der Waals surface area (Å²) in [6, 6.07) is 7.99. The van der Waals surface area contributed by atoms with Crippen LogP contribution in [0.3, 0.4) is 0 Å². The zero-order valence-electron chi connectivity index (χ0n) is 19.5. The van der Waals surface area contributed by atoms with Gasteiger partial charge in [-0.25, -0.2) is 4.79 Å². The second kappa shape index (κ2) is 11.5. The van der Waals surface area contributed by atoms with Crippen molar-refractivity contribution in [1.29, 1.82) is 0 Å². The second-order valence-electron chi connectivity index (χ2n) is 8.12. The third-order valence-electron chi connectivity index (χ3n) is 5.87. The van der Waals surface area contributed by atoms with Crippen LogP contribution >= 0.6 is 0 Å². The van der Waals surface area contributed by atoms with E-state index in [0.29, 0.717) is 43.1 Å². The van der Waals surface area contributed by atoms with Gasteiger partial charge in [-0.2, -0.15) is 0 Å². The molecule has 0 saturated carbocycles. The van der Waals surface area contributed by atoms with Crippen molar-refractivity contribution >= 4 is 11.8 Å². The summed E-state index contributed by atoms with van der Waals surface area (Å²) >= 11 is 0. The average molecular weight is 457 g/mol. The third kappa shape index (κ3) is 5.94. The smallest absolute Gasteiger partial charge is 0.348 e. The Morgan fingerprint density at radius 1 is 1.12 bits per heavy atom. The molecule has 1 fully saturated rings. The number of rotatable bonds is 10. The van der Waals surface area contributed by atoms with Gasteiger partial charge in [0, 0.05) is 19.5 Å². The Morgan fingerprint density at radius 3 is 2.61 bits per heavy atom. The molecule has 0 aliphatic carbocycles. The Hall–Kier alpha value is -3.29. The molecule has 3 rings (SSSR count). The second-order valence-corrected chi connectivity index (χ2v) is 8.12. The van der Waals surface area contributed by atoms with Crippen LogP contribution in [0.15, 0.2) is 39.5 Å². The summed E-state index contributed by atoms with van der Waals surface area (Å²) in [6.07, 6.45) is 4.97. The predicted octanol–water partition coefficient (Wildman–Crippen LogP) is 3.31. The Labute approximate surface area is 193 Å². The van der Waals surface area contributed by atoms with E-state index in [2.05, 4.69) is 12.2 Å². The maximum atomic E-state index is 13.0.